The van der Waals surface area contributed by atoms with Gasteiger partial charge in [-0.15, -0.1) is 0 Å². The summed E-state index contributed by atoms with van der Waals surface area (Å²) < 4.78 is 7.78. The van der Waals surface area contributed by atoms with E-state index in [9.17, 15) is 0 Å². The van der Waals surface area contributed by atoms with Crippen molar-refractivity contribution in [1.82, 2.24) is 14.5 Å². The molecule has 0 spiro atoms. The topological polar surface area (TPSA) is 50.5 Å². The van der Waals surface area contributed by atoms with Crippen LogP contribution in [0.1, 0.15) is 32.1 Å². The average Bonchev–Trinajstić information content (AvgIpc) is 3.15. The predicted molar refractivity (Wildman–Crippen MR) is 102 cm³/mol. The number of fused-ring (bicyclic) bond motifs is 1. The van der Waals surface area contributed by atoms with E-state index in [4.69, 9.17) is 9.84 Å². The Morgan fingerprint density at radius 2 is 1.92 bits per heavy atom. The van der Waals surface area contributed by atoms with E-state index in [1.807, 2.05) is 18.3 Å². The number of nitrogens with zero attached hydrogens (tertiary/aromatic N) is 3. The van der Waals surface area contributed by atoms with Gasteiger partial charge in [-0.05, 0) is 69.0 Å². The first kappa shape index (κ1) is 17.6. The van der Waals surface area contributed by atoms with Crippen LogP contribution in [0, 0.1) is 5.92 Å². The molecule has 4 rings (SSSR count). The zero-order valence-corrected chi connectivity index (χ0v) is 15.4. The molecule has 1 N–H and O–H groups in total. The highest BCUT2D eigenvalue weighted by atomic mass is 16.5. The maximum Gasteiger partial charge on any atom is 0.139 e. The van der Waals surface area contributed by atoms with Crippen molar-refractivity contribution < 1.29 is 9.84 Å². The van der Waals surface area contributed by atoms with Gasteiger partial charge in [0.2, 0.25) is 0 Å². The van der Waals surface area contributed by atoms with E-state index in [1.165, 1.54) is 45.2 Å². The molecule has 2 saturated heterocycles. The highest BCUT2D eigenvalue weighted by Crippen LogP contribution is 2.33. The van der Waals surface area contributed by atoms with Crippen LogP contribution in [0.2, 0.25) is 0 Å². The van der Waals surface area contributed by atoms with Crippen molar-refractivity contribution in [2.75, 3.05) is 26.3 Å². The number of hydrogen-bond acceptors (Lipinski definition) is 4. The van der Waals surface area contributed by atoms with Gasteiger partial charge in [0.25, 0.3) is 0 Å². The van der Waals surface area contributed by atoms with E-state index in [2.05, 4.69) is 32.8 Å². The quantitative estimate of drug-likeness (QED) is 0.865. The van der Waals surface area contributed by atoms with Crippen molar-refractivity contribution in [1.29, 1.82) is 0 Å². The highest BCUT2D eigenvalue weighted by molar-refractivity contribution is 5.56. The number of hydrogen-bond donors (Lipinski definition) is 1. The highest BCUT2D eigenvalue weighted by Gasteiger charge is 2.33. The number of benzene rings is 1. The first-order valence-electron chi connectivity index (χ1n) is 9.94. The second kappa shape index (κ2) is 8.23. The molecule has 140 valence electrons. The minimum Gasteiger partial charge on any atom is -0.491 e. The van der Waals surface area contributed by atoms with E-state index in [1.54, 1.807) is 0 Å². The molecule has 1 aromatic heterocycles. The summed E-state index contributed by atoms with van der Waals surface area (Å²) in [7, 11) is 0. The van der Waals surface area contributed by atoms with E-state index >= 15 is 0 Å². The SMILES string of the molecule is OCCOc1ccc(-c2nccn2C[C@@H]2CCCN3CCCC[C@H]23)cc1. The van der Waals surface area contributed by atoms with Crippen molar-refractivity contribution >= 4 is 0 Å². The lowest BCUT2D eigenvalue weighted by Gasteiger charge is -2.44. The van der Waals surface area contributed by atoms with Crippen molar-refractivity contribution in [3.05, 3.63) is 36.7 Å². The second-order valence-electron chi connectivity index (χ2n) is 7.50. The molecule has 0 unspecified atom stereocenters. The van der Waals surface area contributed by atoms with Gasteiger partial charge in [-0.3, -0.25) is 0 Å². The first-order valence-corrected chi connectivity index (χ1v) is 9.94. The Labute approximate surface area is 155 Å². The first-order chi connectivity index (χ1) is 12.8. The zero-order chi connectivity index (χ0) is 17.8. The number of piperidine rings is 2. The molecule has 2 aliphatic rings. The molecule has 0 amide bonds. The van der Waals surface area contributed by atoms with Crippen LogP contribution < -0.4 is 4.74 Å². The standard InChI is InChI=1S/C21H29N3O2/c25-14-15-26-19-8-6-17(7-9-19)21-22-10-13-24(21)16-18-4-3-12-23-11-2-1-5-20(18)23/h6-10,13,18,20,25H,1-5,11-12,14-16H2/t18-,20+/m0/s1. The molecule has 26 heavy (non-hydrogen) atoms. The number of aliphatic hydroxyl groups excluding tert-OH is 1. The van der Waals surface area contributed by atoms with E-state index in [0.717, 1.165) is 35.6 Å². The summed E-state index contributed by atoms with van der Waals surface area (Å²) >= 11 is 0. The van der Waals surface area contributed by atoms with E-state index < -0.39 is 0 Å². The van der Waals surface area contributed by atoms with Gasteiger partial charge in [-0.2, -0.15) is 0 Å². The maximum absolute atomic E-state index is 8.87. The van der Waals surface area contributed by atoms with Crippen LogP contribution in [0.4, 0.5) is 0 Å². The van der Waals surface area contributed by atoms with Gasteiger partial charge in [0.05, 0.1) is 6.61 Å². The van der Waals surface area contributed by atoms with Gasteiger partial charge >= 0.3 is 0 Å². The minimum atomic E-state index is 0.0335. The van der Waals surface area contributed by atoms with E-state index in [0.29, 0.717) is 6.61 Å². The van der Waals surface area contributed by atoms with Crippen LogP contribution in [0.15, 0.2) is 36.7 Å². The van der Waals surface area contributed by atoms with Crippen molar-refractivity contribution in [2.24, 2.45) is 5.92 Å². The molecule has 0 saturated carbocycles. The Balaban J connectivity index is 1.48. The Morgan fingerprint density at radius 3 is 2.77 bits per heavy atom. The molecular formula is C21H29N3O2. The van der Waals surface area contributed by atoms with Crippen molar-refractivity contribution in [3.8, 4) is 17.1 Å². The minimum absolute atomic E-state index is 0.0335. The molecule has 3 heterocycles. The number of aliphatic hydroxyl groups is 1. The fourth-order valence-electron chi connectivity index (χ4n) is 4.62. The van der Waals surface area contributed by atoms with Gasteiger partial charge in [0.15, 0.2) is 0 Å². The number of aromatic nitrogens is 2. The molecule has 2 aromatic rings. The molecule has 2 fully saturated rings. The Hall–Kier alpha value is -1.85. The summed E-state index contributed by atoms with van der Waals surface area (Å²) in [6, 6.07) is 8.77. The molecule has 5 heteroatoms. The number of ether oxygens (including phenoxy) is 1. The van der Waals surface area contributed by atoms with Gasteiger partial charge in [0, 0.05) is 30.5 Å². The van der Waals surface area contributed by atoms with Gasteiger partial charge < -0.3 is 19.3 Å². The van der Waals surface area contributed by atoms with Gasteiger partial charge in [-0.25, -0.2) is 4.98 Å². The largest absolute Gasteiger partial charge is 0.491 e. The van der Waals surface area contributed by atoms with E-state index in [-0.39, 0.29) is 6.61 Å². The monoisotopic (exact) mass is 355 g/mol. The zero-order valence-electron chi connectivity index (χ0n) is 15.4. The Kier molecular flexibility index (Phi) is 5.56. The van der Waals surface area contributed by atoms with Crippen LogP contribution in [0.5, 0.6) is 5.75 Å². The van der Waals surface area contributed by atoms with Crippen molar-refractivity contribution in [3.63, 3.8) is 0 Å². The number of rotatable bonds is 6. The Morgan fingerprint density at radius 1 is 1.08 bits per heavy atom. The van der Waals surface area contributed by atoms with Crippen LogP contribution in [-0.2, 0) is 6.54 Å². The summed E-state index contributed by atoms with van der Waals surface area (Å²) in [5.74, 6) is 2.54. The van der Waals surface area contributed by atoms with Gasteiger partial charge in [0.1, 0.15) is 18.2 Å². The fraction of sp³-hybridized carbons (Fsp3) is 0.571. The third-order valence-electron chi connectivity index (χ3n) is 5.85. The maximum atomic E-state index is 8.87. The summed E-state index contributed by atoms with van der Waals surface area (Å²) in [5, 5.41) is 8.87. The van der Waals surface area contributed by atoms with Crippen LogP contribution >= 0.6 is 0 Å². The molecule has 5 nitrogen and oxygen atoms in total. The lowest BCUT2D eigenvalue weighted by molar-refractivity contribution is 0.0521. The molecular weight excluding hydrogens is 326 g/mol. The molecule has 0 aliphatic carbocycles. The van der Waals surface area contributed by atoms with Crippen LogP contribution in [0.3, 0.4) is 0 Å². The smallest absolute Gasteiger partial charge is 0.139 e. The summed E-state index contributed by atoms with van der Waals surface area (Å²) in [4.78, 5) is 7.34. The molecule has 0 radical (unpaired) electrons. The second-order valence-corrected chi connectivity index (χ2v) is 7.50. The average molecular weight is 355 g/mol. The normalized spacial score (nSPS) is 23.6. The molecule has 0 bridgehead atoms. The summed E-state index contributed by atoms with van der Waals surface area (Å²) in [6.07, 6.45) is 10.8. The molecule has 1 aromatic carbocycles. The lowest BCUT2D eigenvalue weighted by atomic mass is 9.83. The van der Waals surface area contributed by atoms with Crippen LogP contribution in [-0.4, -0.2) is 51.9 Å². The number of imidazole rings is 1. The van der Waals surface area contributed by atoms with Crippen LogP contribution in [0.25, 0.3) is 11.4 Å². The summed E-state index contributed by atoms with van der Waals surface area (Å²) in [6.45, 7) is 3.99. The third-order valence-corrected chi connectivity index (χ3v) is 5.85. The lowest BCUT2D eigenvalue weighted by Crippen LogP contribution is -2.49. The molecule has 2 atom stereocenters. The van der Waals surface area contributed by atoms with Crippen molar-refractivity contribution in [2.45, 2.75) is 44.7 Å². The predicted octanol–water partition coefficient (Wildman–Crippen LogP) is 3.19. The molecule has 2 aliphatic heterocycles. The summed E-state index contributed by atoms with van der Waals surface area (Å²) in [5.41, 5.74) is 1.11. The third kappa shape index (κ3) is 3.79. The fourth-order valence-corrected chi connectivity index (χ4v) is 4.62. The van der Waals surface area contributed by atoms with Gasteiger partial charge in [-0.1, -0.05) is 6.42 Å². The Bertz CT molecular complexity index is 696.